The minimum Gasteiger partial charge on any atom is -0.497 e. The molecule has 1 saturated carbocycles. The Balaban J connectivity index is 1.57. The number of nitrogens with one attached hydrogen (secondary N) is 1. The number of benzene rings is 1. The Morgan fingerprint density at radius 2 is 2.07 bits per heavy atom. The molecule has 144 valence electrons. The third kappa shape index (κ3) is 3.77. The maximum absolute atomic E-state index is 12.9. The van der Waals surface area contributed by atoms with Gasteiger partial charge in [-0.25, -0.2) is 13.6 Å². The van der Waals surface area contributed by atoms with Crippen LogP contribution in [-0.4, -0.2) is 24.1 Å². The van der Waals surface area contributed by atoms with E-state index in [1.165, 1.54) is 0 Å². The van der Waals surface area contributed by atoms with Crippen molar-refractivity contribution in [2.24, 2.45) is 5.92 Å². The van der Waals surface area contributed by atoms with E-state index in [-0.39, 0.29) is 18.8 Å². The molecule has 2 aliphatic rings. The summed E-state index contributed by atoms with van der Waals surface area (Å²) in [6.45, 7) is 0. The number of aromatic nitrogens is 1. The number of pyridine rings is 1. The minimum absolute atomic E-state index is 0.197. The predicted molar refractivity (Wildman–Crippen MR) is 96.9 cm³/mol. The zero-order valence-corrected chi connectivity index (χ0v) is 15.1. The zero-order valence-electron chi connectivity index (χ0n) is 15.1. The van der Waals surface area contributed by atoms with Gasteiger partial charge in [-0.2, -0.15) is 0 Å². The predicted octanol–water partition coefficient (Wildman–Crippen LogP) is 4.01. The summed E-state index contributed by atoms with van der Waals surface area (Å²) in [4.78, 5) is 16.1. The number of ether oxygens (including phenoxy) is 2. The fourth-order valence-corrected chi connectivity index (χ4v) is 3.40. The lowest BCUT2D eigenvalue weighted by molar-refractivity contribution is -0.0936. The average Bonchev–Trinajstić information content (AvgIpc) is 3.07. The quantitative estimate of drug-likeness (QED) is 0.813. The monoisotopic (exact) mass is 384 g/mol. The standard InChI is InChI=1S/C21H18F2N2O3/c1-27-17-4-2-3-15(8-17)19-18(25-20(26)28-19)16-7-13(11-24-12-16)5-6-14-9-21(22,23)10-14/h2-4,7-8,11-12,14,18-19H,9-10H2,1H3,(H,25,26). The highest BCUT2D eigenvalue weighted by Gasteiger charge is 2.44. The molecule has 1 aliphatic heterocycles. The summed E-state index contributed by atoms with van der Waals surface area (Å²) in [7, 11) is 1.57. The second-order valence-corrected chi connectivity index (χ2v) is 6.96. The maximum Gasteiger partial charge on any atom is 0.408 e. The fourth-order valence-electron chi connectivity index (χ4n) is 3.40. The van der Waals surface area contributed by atoms with Crippen LogP contribution < -0.4 is 10.1 Å². The van der Waals surface area contributed by atoms with Crippen molar-refractivity contribution in [2.45, 2.75) is 30.9 Å². The molecule has 1 aromatic carbocycles. The van der Waals surface area contributed by atoms with Crippen LogP contribution in [0.5, 0.6) is 5.75 Å². The van der Waals surface area contributed by atoms with E-state index >= 15 is 0 Å². The van der Waals surface area contributed by atoms with Crippen LogP contribution in [0.3, 0.4) is 0 Å². The van der Waals surface area contributed by atoms with Crippen LogP contribution in [0.15, 0.2) is 42.7 Å². The molecule has 0 bridgehead atoms. The van der Waals surface area contributed by atoms with Gasteiger partial charge in [0.1, 0.15) is 11.8 Å². The molecule has 2 fully saturated rings. The summed E-state index contributed by atoms with van der Waals surface area (Å²) in [5.41, 5.74) is 2.12. The van der Waals surface area contributed by atoms with Crippen LogP contribution in [0.2, 0.25) is 0 Å². The van der Waals surface area contributed by atoms with Gasteiger partial charge in [0.05, 0.1) is 7.11 Å². The lowest BCUT2D eigenvalue weighted by atomic mass is 9.82. The number of alkyl halides is 2. The number of halogens is 2. The topological polar surface area (TPSA) is 60.5 Å². The Labute approximate surface area is 161 Å². The summed E-state index contributed by atoms with van der Waals surface area (Å²) >= 11 is 0. The molecule has 1 N–H and O–H groups in total. The summed E-state index contributed by atoms with van der Waals surface area (Å²) < 4.78 is 36.6. The highest BCUT2D eigenvalue weighted by Crippen LogP contribution is 2.42. The van der Waals surface area contributed by atoms with E-state index in [1.54, 1.807) is 25.6 Å². The molecular weight excluding hydrogens is 366 g/mol. The van der Waals surface area contributed by atoms with Gasteiger partial charge in [-0.05, 0) is 29.3 Å². The van der Waals surface area contributed by atoms with E-state index in [4.69, 9.17) is 9.47 Å². The van der Waals surface area contributed by atoms with Crippen molar-refractivity contribution in [3.63, 3.8) is 0 Å². The number of hydrogen-bond donors (Lipinski definition) is 1. The Morgan fingerprint density at radius 1 is 1.25 bits per heavy atom. The molecule has 7 heteroatoms. The molecule has 2 aromatic rings. The van der Waals surface area contributed by atoms with Crippen LogP contribution in [0, 0.1) is 17.8 Å². The number of hydrogen-bond acceptors (Lipinski definition) is 4. The number of amides is 1. The first kappa shape index (κ1) is 18.2. The largest absolute Gasteiger partial charge is 0.497 e. The van der Waals surface area contributed by atoms with Gasteiger partial charge in [0.15, 0.2) is 6.10 Å². The van der Waals surface area contributed by atoms with Gasteiger partial charge >= 0.3 is 6.09 Å². The number of alkyl carbamates (subject to hydrolysis) is 1. The van der Waals surface area contributed by atoms with Gasteiger partial charge in [-0.1, -0.05) is 24.0 Å². The van der Waals surface area contributed by atoms with Crippen molar-refractivity contribution in [2.75, 3.05) is 7.11 Å². The number of cyclic esters (lactones) is 1. The second-order valence-electron chi connectivity index (χ2n) is 6.96. The first-order valence-electron chi connectivity index (χ1n) is 8.89. The average molecular weight is 384 g/mol. The van der Waals surface area contributed by atoms with Gasteiger partial charge in [0.25, 0.3) is 5.92 Å². The van der Waals surface area contributed by atoms with Crippen LogP contribution >= 0.6 is 0 Å². The van der Waals surface area contributed by atoms with E-state index < -0.39 is 24.2 Å². The minimum atomic E-state index is -2.59. The molecule has 5 nitrogen and oxygen atoms in total. The van der Waals surface area contributed by atoms with Crippen LogP contribution in [0.25, 0.3) is 0 Å². The molecule has 2 atom stereocenters. The van der Waals surface area contributed by atoms with E-state index in [9.17, 15) is 13.6 Å². The smallest absolute Gasteiger partial charge is 0.408 e. The lowest BCUT2D eigenvalue weighted by Gasteiger charge is -2.31. The first-order chi connectivity index (χ1) is 13.4. The van der Waals surface area contributed by atoms with Gasteiger partial charge in [0.2, 0.25) is 0 Å². The highest BCUT2D eigenvalue weighted by atomic mass is 19.3. The van der Waals surface area contributed by atoms with Crippen molar-refractivity contribution in [1.29, 1.82) is 0 Å². The summed E-state index contributed by atoms with van der Waals surface area (Å²) in [5, 5.41) is 2.79. The number of carbonyl (C=O) groups is 1. The van der Waals surface area contributed by atoms with E-state index in [1.807, 2.05) is 24.3 Å². The molecule has 0 spiro atoms. The second kappa shape index (κ2) is 7.12. The fraction of sp³-hybridized carbons (Fsp3) is 0.333. The Bertz CT molecular complexity index is 959. The number of carbonyl (C=O) groups excluding carboxylic acids is 1. The molecule has 0 radical (unpaired) electrons. The highest BCUT2D eigenvalue weighted by molar-refractivity contribution is 5.71. The third-order valence-electron chi connectivity index (χ3n) is 4.86. The molecule has 1 amide bonds. The van der Waals surface area contributed by atoms with Crippen molar-refractivity contribution in [1.82, 2.24) is 10.3 Å². The molecule has 1 aliphatic carbocycles. The third-order valence-corrected chi connectivity index (χ3v) is 4.86. The summed E-state index contributed by atoms with van der Waals surface area (Å²) in [6.07, 6.45) is 1.75. The maximum atomic E-state index is 12.9. The van der Waals surface area contributed by atoms with Crippen LogP contribution in [0.1, 0.15) is 41.7 Å². The summed E-state index contributed by atoms with van der Waals surface area (Å²) in [5.74, 6) is 3.56. The normalized spacial score (nSPS) is 23.0. The Morgan fingerprint density at radius 3 is 2.82 bits per heavy atom. The van der Waals surface area contributed by atoms with Gasteiger partial charge in [-0.3, -0.25) is 4.98 Å². The van der Waals surface area contributed by atoms with Crippen molar-refractivity contribution in [3.8, 4) is 17.6 Å². The lowest BCUT2D eigenvalue weighted by Crippen LogP contribution is -2.34. The summed E-state index contributed by atoms with van der Waals surface area (Å²) in [6, 6.07) is 8.65. The first-order valence-corrected chi connectivity index (χ1v) is 8.89. The van der Waals surface area contributed by atoms with Gasteiger partial charge < -0.3 is 14.8 Å². The van der Waals surface area contributed by atoms with Gasteiger partial charge in [-0.15, -0.1) is 0 Å². The molecule has 2 unspecified atom stereocenters. The molecule has 2 heterocycles. The number of nitrogens with zero attached hydrogens (tertiary/aromatic N) is 1. The number of rotatable bonds is 3. The van der Waals surface area contributed by atoms with Crippen molar-refractivity contribution < 1.29 is 23.0 Å². The number of methoxy groups -OCH3 is 1. The molecule has 28 heavy (non-hydrogen) atoms. The van der Waals surface area contributed by atoms with Crippen molar-refractivity contribution in [3.05, 3.63) is 59.4 Å². The SMILES string of the molecule is COc1cccc(C2OC(=O)NC2c2cncc(C#CC3CC(F)(F)C3)c2)c1. The van der Waals surface area contributed by atoms with Crippen LogP contribution in [-0.2, 0) is 4.74 Å². The zero-order chi connectivity index (χ0) is 19.7. The van der Waals surface area contributed by atoms with Gasteiger partial charge in [0, 0.05) is 36.7 Å². The molecular formula is C21H18F2N2O3. The molecule has 4 rings (SSSR count). The van der Waals surface area contributed by atoms with E-state index in [0.29, 0.717) is 11.3 Å². The molecule has 1 aromatic heterocycles. The Kier molecular flexibility index (Phi) is 4.63. The molecule has 1 saturated heterocycles. The van der Waals surface area contributed by atoms with E-state index in [2.05, 4.69) is 22.1 Å². The van der Waals surface area contributed by atoms with Crippen molar-refractivity contribution >= 4 is 6.09 Å². The van der Waals surface area contributed by atoms with Crippen LogP contribution in [0.4, 0.5) is 13.6 Å². The Hall–Kier alpha value is -3.14. The van der Waals surface area contributed by atoms with E-state index in [0.717, 1.165) is 11.1 Å².